The molecule has 0 spiro atoms. The molecule has 16 heavy (non-hydrogen) atoms. The van der Waals surface area contributed by atoms with Crippen LogP contribution in [0.5, 0.6) is 0 Å². The van der Waals surface area contributed by atoms with Gasteiger partial charge in [0.15, 0.2) is 0 Å². The van der Waals surface area contributed by atoms with E-state index in [0.717, 1.165) is 25.7 Å². The zero-order chi connectivity index (χ0) is 11.6. The van der Waals surface area contributed by atoms with Gasteiger partial charge in [-0.1, -0.05) is 12.2 Å². The molecule has 1 unspecified atom stereocenters. The largest absolute Gasteiger partial charge is 0.385 e. The minimum Gasteiger partial charge on any atom is -0.385 e. The van der Waals surface area contributed by atoms with E-state index in [2.05, 4.69) is 22.8 Å². The summed E-state index contributed by atoms with van der Waals surface area (Å²) in [5.41, 5.74) is 0. The number of hydrogen-bond acceptors (Lipinski definition) is 3. The van der Waals surface area contributed by atoms with E-state index in [-0.39, 0.29) is 5.91 Å². The second-order valence-corrected chi connectivity index (χ2v) is 4.06. The van der Waals surface area contributed by atoms with E-state index in [1.807, 2.05) is 0 Å². The lowest BCUT2D eigenvalue weighted by Gasteiger charge is -2.18. The predicted molar refractivity (Wildman–Crippen MR) is 64.3 cm³/mol. The Balaban J connectivity index is 1.99. The molecule has 0 aromatic heterocycles. The summed E-state index contributed by atoms with van der Waals surface area (Å²) >= 11 is 0. The molecule has 0 saturated heterocycles. The second kappa shape index (κ2) is 8.30. The summed E-state index contributed by atoms with van der Waals surface area (Å²) in [6.45, 7) is 1.81. The van der Waals surface area contributed by atoms with E-state index in [1.54, 1.807) is 7.11 Å². The molecule has 0 fully saturated rings. The maximum atomic E-state index is 11.4. The molecule has 0 aliphatic heterocycles. The molecule has 0 radical (unpaired) electrons. The molecule has 4 nitrogen and oxygen atoms in total. The van der Waals surface area contributed by atoms with E-state index < -0.39 is 0 Å². The summed E-state index contributed by atoms with van der Waals surface area (Å²) in [5.74, 6) is 0.0747. The lowest BCUT2D eigenvalue weighted by molar-refractivity contribution is -0.120. The fourth-order valence-electron chi connectivity index (χ4n) is 1.72. The van der Waals surface area contributed by atoms with Crippen molar-refractivity contribution in [3.8, 4) is 0 Å². The quantitative estimate of drug-likeness (QED) is 0.499. The number of carbonyl (C=O) groups excluding carboxylic acids is 1. The molecule has 1 atom stereocenters. The fraction of sp³-hybridized carbons (Fsp3) is 0.750. The monoisotopic (exact) mass is 226 g/mol. The number of rotatable bonds is 7. The second-order valence-electron chi connectivity index (χ2n) is 4.06. The zero-order valence-corrected chi connectivity index (χ0v) is 10.00. The summed E-state index contributed by atoms with van der Waals surface area (Å²) in [5, 5.41) is 6.13. The van der Waals surface area contributed by atoms with Gasteiger partial charge in [0, 0.05) is 26.3 Å². The number of hydrogen-bond donors (Lipinski definition) is 2. The first-order valence-corrected chi connectivity index (χ1v) is 5.97. The highest BCUT2D eigenvalue weighted by Gasteiger charge is 2.10. The highest BCUT2D eigenvalue weighted by atomic mass is 16.5. The number of carbonyl (C=O) groups is 1. The molecule has 1 rings (SSSR count). The molecule has 1 aliphatic rings. The number of amides is 1. The molecule has 0 aromatic carbocycles. The van der Waals surface area contributed by atoms with Gasteiger partial charge in [-0.25, -0.2) is 0 Å². The summed E-state index contributed by atoms with van der Waals surface area (Å²) in [7, 11) is 1.67. The van der Waals surface area contributed by atoms with Crippen molar-refractivity contribution in [2.75, 3.05) is 26.8 Å². The maximum Gasteiger partial charge on any atom is 0.233 e. The Morgan fingerprint density at radius 1 is 1.50 bits per heavy atom. The zero-order valence-electron chi connectivity index (χ0n) is 10.00. The Hall–Kier alpha value is -0.870. The molecular formula is C12H22N2O2. The van der Waals surface area contributed by atoms with E-state index in [4.69, 9.17) is 4.74 Å². The predicted octanol–water partition coefficient (Wildman–Crippen LogP) is 0.837. The number of allylic oxidation sites excluding steroid dienone is 1. The Morgan fingerprint density at radius 2 is 2.38 bits per heavy atom. The first-order valence-electron chi connectivity index (χ1n) is 5.97. The van der Waals surface area contributed by atoms with Gasteiger partial charge in [-0.3, -0.25) is 4.79 Å². The number of methoxy groups -OCH3 is 1. The summed E-state index contributed by atoms with van der Waals surface area (Å²) in [4.78, 5) is 11.4. The average Bonchev–Trinajstić information content (AvgIpc) is 2.33. The maximum absolute atomic E-state index is 11.4. The van der Waals surface area contributed by atoms with Gasteiger partial charge in [-0.2, -0.15) is 0 Å². The van der Waals surface area contributed by atoms with Crippen LogP contribution in [0.2, 0.25) is 0 Å². The van der Waals surface area contributed by atoms with Gasteiger partial charge in [0.2, 0.25) is 5.91 Å². The normalized spacial score (nSPS) is 19.7. The Kier molecular flexibility index (Phi) is 6.85. The molecule has 1 aliphatic carbocycles. The van der Waals surface area contributed by atoms with Crippen LogP contribution >= 0.6 is 0 Å². The van der Waals surface area contributed by atoms with Crippen LogP contribution in [-0.2, 0) is 9.53 Å². The van der Waals surface area contributed by atoms with E-state index in [0.29, 0.717) is 25.7 Å². The lowest BCUT2D eigenvalue weighted by Crippen LogP contribution is -2.39. The van der Waals surface area contributed by atoms with Crippen LogP contribution < -0.4 is 10.6 Å². The van der Waals surface area contributed by atoms with Crippen LogP contribution in [0.4, 0.5) is 0 Å². The molecule has 92 valence electrons. The van der Waals surface area contributed by atoms with Crippen molar-refractivity contribution in [1.82, 2.24) is 10.6 Å². The van der Waals surface area contributed by atoms with Crippen molar-refractivity contribution >= 4 is 5.91 Å². The molecule has 0 bridgehead atoms. The van der Waals surface area contributed by atoms with Gasteiger partial charge in [0.1, 0.15) is 0 Å². The van der Waals surface area contributed by atoms with Crippen LogP contribution in [0.15, 0.2) is 12.2 Å². The Bertz CT molecular complexity index is 229. The van der Waals surface area contributed by atoms with Gasteiger partial charge in [-0.15, -0.1) is 0 Å². The highest BCUT2D eigenvalue weighted by Crippen LogP contribution is 2.09. The molecule has 0 aromatic rings. The van der Waals surface area contributed by atoms with E-state index >= 15 is 0 Å². The Labute approximate surface area is 97.4 Å². The SMILES string of the molecule is COCCCNC(=O)CNC1CC=CCC1. The molecular weight excluding hydrogens is 204 g/mol. The molecule has 0 heterocycles. The molecule has 1 amide bonds. The summed E-state index contributed by atoms with van der Waals surface area (Å²) < 4.78 is 4.90. The van der Waals surface area contributed by atoms with Crippen molar-refractivity contribution in [1.29, 1.82) is 0 Å². The summed E-state index contributed by atoms with van der Waals surface area (Å²) in [6.07, 6.45) is 8.53. The lowest BCUT2D eigenvalue weighted by atomic mass is 10.0. The standard InChI is InChI=1S/C12H22N2O2/c1-16-9-5-8-13-12(15)10-14-11-6-3-2-4-7-11/h2-3,11,14H,4-10H2,1H3,(H,13,15). The van der Waals surface area contributed by atoms with Crippen LogP contribution in [0.25, 0.3) is 0 Å². The number of ether oxygens (including phenoxy) is 1. The third kappa shape index (κ3) is 5.88. The first-order chi connectivity index (χ1) is 7.83. The highest BCUT2D eigenvalue weighted by molar-refractivity contribution is 5.77. The van der Waals surface area contributed by atoms with Crippen LogP contribution in [0.3, 0.4) is 0 Å². The minimum atomic E-state index is 0.0747. The van der Waals surface area contributed by atoms with Gasteiger partial charge < -0.3 is 15.4 Å². The minimum absolute atomic E-state index is 0.0747. The van der Waals surface area contributed by atoms with Crippen molar-refractivity contribution in [2.45, 2.75) is 31.7 Å². The third-order valence-electron chi connectivity index (χ3n) is 2.67. The van der Waals surface area contributed by atoms with Gasteiger partial charge in [0.05, 0.1) is 6.54 Å². The van der Waals surface area contributed by atoms with Crippen LogP contribution in [-0.4, -0.2) is 38.8 Å². The van der Waals surface area contributed by atoms with E-state index in [1.165, 1.54) is 0 Å². The molecule has 2 N–H and O–H groups in total. The third-order valence-corrected chi connectivity index (χ3v) is 2.67. The van der Waals surface area contributed by atoms with Gasteiger partial charge in [-0.05, 0) is 25.7 Å². The topological polar surface area (TPSA) is 50.4 Å². The Morgan fingerprint density at radius 3 is 3.06 bits per heavy atom. The average molecular weight is 226 g/mol. The van der Waals surface area contributed by atoms with Crippen molar-refractivity contribution in [3.63, 3.8) is 0 Å². The number of nitrogens with one attached hydrogen (secondary N) is 2. The smallest absolute Gasteiger partial charge is 0.233 e. The molecule has 0 saturated carbocycles. The first kappa shape index (κ1) is 13.2. The van der Waals surface area contributed by atoms with Crippen molar-refractivity contribution in [2.24, 2.45) is 0 Å². The van der Waals surface area contributed by atoms with Gasteiger partial charge >= 0.3 is 0 Å². The fourth-order valence-corrected chi connectivity index (χ4v) is 1.72. The van der Waals surface area contributed by atoms with Crippen molar-refractivity contribution in [3.05, 3.63) is 12.2 Å². The summed E-state index contributed by atoms with van der Waals surface area (Å²) in [6, 6.07) is 0.467. The van der Waals surface area contributed by atoms with E-state index in [9.17, 15) is 4.79 Å². The van der Waals surface area contributed by atoms with Crippen LogP contribution in [0.1, 0.15) is 25.7 Å². The van der Waals surface area contributed by atoms with Crippen LogP contribution in [0, 0.1) is 0 Å². The molecule has 4 heteroatoms. The van der Waals surface area contributed by atoms with Gasteiger partial charge in [0.25, 0.3) is 0 Å². The van der Waals surface area contributed by atoms with Crippen molar-refractivity contribution < 1.29 is 9.53 Å².